The Bertz CT molecular complexity index is 900. The summed E-state index contributed by atoms with van der Waals surface area (Å²) in [5.74, 6) is -1.10. The molecule has 8 heteroatoms. The third-order valence-electron chi connectivity index (χ3n) is 5.05. The molecule has 0 saturated carbocycles. The van der Waals surface area contributed by atoms with E-state index in [4.69, 9.17) is 0 Å². The number of aromatic nitrogens is 1. The predicted octanol–water partition coefficient (Wildman–Crippen LogP) is 2.78. The molecule has 0 aliphatic carbocycles. The van der Waals surface area contributed by atoms with Gasteiger partial charge in [0.15, 0.2) is 0 Å². The van der Waals surface area contributed by atoms with Gasteiger partial charge in [-0.1, -0.05) is 12.1 Å². The summed E-state index contributed by atoms with van der Waals surface area (Å²) in [5.41, 5.74) is 2.02. The highest BCUT2D eigenvalue weighted by molar-refractivity contribution is 6.04. The molecule has 0 bridgehead atoms. The number of amides is 2. The summed E-state index contributed by atoms with van der Waals surface area (Å²) >= 11 is 0. The van der Waals surface area contributed by atoms with Crippen LogP contribution in [0.1, 0.15) is 44.9 Å². The molecule has 6 nitrogen and oxygen atoms in total. The van der Waals surface area contributed by atoms with Gasteiger partial charge in [0.1, 0.15) is 17.2 Å². The molecule has 1 aromatic heterocycles. The van der Waals surface area contributed by atoms with Crippen LogP contribution in [0.15, 0.2) is 30.3 Å². The first kappa shape index (κ1) is 20.2. The van der Waals surface area contributed by atoms with Crippen LogP contribution in [-0.2, 0) is 13.0 Å². The quantitative estimate of drug-likeness (QED) is 0.825. The summed E-state index contributed by atoms with van der Waals surface area (Å²) in [6, 6.07) is 8.14. The number of benzene rings is 1. The second-order valence-corrected chi connectivity index (χ2v) is 6.85. The third kappa shape index (κ3) is 4.00. The van der Waals surface area contributed by atoms with Crippen molar-refractivity contribution in [3.8, 4) is 0 Å². The minimum absolute atomic E-state index is 0. The lowest BCUT2D eigenvalue weighted by Gasteiger charge is -2.19. The smallest absolute Gasteiger partial charge is 0.274 e. The van der Waals surface area contributed by atoms with Gasteiger partial charge in [0, 0.05) is 19.6 Å². The summed E-state index contributed by atoms with van der Waals surface area (Å²) in [6.45, 7) is 2.77. The Morgan fingerprint density at radius 2 is 1.86 bits per heavy atom. The molecule has 4 rings (SSSR count). The fourth-order valence-corrected chi connectivity index (χ4v) is 3.58. The standard InChI is InChI=1S/C20H21FN4O2.ClH/c21-18-14-8-9-22-12-13(14)6-7-15(18)24-19(26)16-4-3-5-17(23-16)20(27)25-10-1-2-11-25;/h3-7,22H,1-2,8-12H2,(H,24,26);1H. The molecule has 1 fully saturated rings. The van der Waals surface area contributed by atoms with Crippen molar-refractivity contribution in [3.05, 3.63) is 58.7 Å². The SMILES string of the molecule is Cl.O=C(Nc1ccc2c(c1F)CCNC2)c1cccc(C(=O)N2CCCC2)n1. The number of carbonyl (C=O) groups excluding carboxylic acids is 2. The van der Waals surface area contributed by atoms with Gasteiger partial charge >= 0.3 is 0 Å². The van der Waals surface area contributed by atoms with Crippen molar-refractivity contribution in [1.29, 1.82) is 0 Å². The van der Waals surface area contributed by atoms with Crippen LogP contribution >= 0.6 is 12.4 Å². The summed E-state index contributed by atoms with van der Waals surface area (Å²) < 4.78 is 14.7. The number of anilines is 1. The zero-order valence-corrected chi connectivity index (χ0v) is 16.2. The van der Waals surface area contributed by atoms with E-state index in [1.165, 1.54) is 6.07 Å². The lowest BCUT2D eigenvalue weighted by molar-refractivity contribution is 0.0787. The average molecular weight is 405 g/mol. The molecule has 0 radical (unpaired) electrons. The first-order chi connectivity index (χ1) is 13.1. The van der Waals surface area contributed by atoms with E-state index in [-0.39, 0.29) is 35.4 Å². The number of nitrogens with one attached hydrogen (secondary N) is 2. The van der Waals surface area contributed by atoms with Crippen molar-refractivity contribution in [3.63, 3.8) is 0 Å². The molecule has 1 saturated heterocycles. The minimum Gasteiger partial charge on any atom is -0.337 e. The van der Waals surface area contributed by atoms with Crippen LogP contribution in [0.5, 0.6) is 0 Å². The predicted molar refractivity (Wildman–Crippen MR) is 106 cm³/mol. The van der Waals surface area contributed by atoms with Gasteiger partial charge in [-0.05, 0) is 55.1 Å². The highest BCUT2D eigenvalue weighted by Gasteiger charge is 2.22. The summed E-state index contributed by atoms with van der Waals surface area (Å²) in [4.78, 5) is 30.9. The Morgan fingerprint density at radius 3 is 2.64 bits per heavy atom. The normalized spacial score (nSPS) is 15.5. The molecule has 1 aromatic carbocycles. The molecule has 3 heterocycles. The van der Waals surface area contributed by atoms with E-state index in [0.29, 0.717) is 38.2 Å². The molecular formula is C20H22ClFN4O2. The number of pyridine rings is 1. The maximum absolute atomic E-state index is 14.7. The van der Waals surface area contributed by atoms with E-state index in [0.717, 1.165) is 18.4 Å². The van der Waals surface area contributed by atoms with Crippen LogP contribution in [0.25, 0.3) is 0 Å². The summed E-state index contributed by atoms with van der Waals surface area (Å²) in [7, 11) is 0. The van der Waals surface area contributed by atoms with Crippen LogP contribution in [0.3, 0.4) is 0 Å². The van der Waals surface area contributed by atoms with Crippen molar-refractivity contribution < 1.29 is 14.0 Å². The first-order valence-electron chi connectivity index (χ1n) is 9.22. The van der Waals surface area contributed by atoms with Crippen LogP contribution < -0.4 is 10.6 Å². The van der Waals surface area contributed by atoms with Crippen molar-refractivity contribution in [2.45, 2.75) is 25.8 Å². The van der Waals surface area contributed by atoms with Crippen molar-refractivity contribution in [2.24, 2.45) is 0 Å². The largest absolute Gasteiger partial charge is 0.337 e. The number of rotatable bonds is 3. The molecule has 28 heavy (non-hydrogen) atoms. The van der Waals surface area contributed by atoms with Gasteiger partial charge in [-0.3, -0.25) is 9.59 Å². The van der Waals surface area contributed by atoms with Gasteiger partial charge in [0.25, 0.3) is 11.8 Å². The van der Waals surface area contributed by atoms with Crippen LogP contribution in [0.2, 0.25) is 0 Å². The van der Waals surface area contributed by atoms with Crippen molar-refractivity contribution in [2.75, 3.05) is 25.0 Å². The van der Waals surface area contributed by atoms with E-state index in [2.05, 4.69) is 15.6 Å². The average Bonchev–Trinajstić information content (AvgIpc) is 3.24. The molecule has 0 spiro atoms. The molecule has 148 valence electrons. The number of hydrogen-bond acceptors (Lipinski definition) is 4. The molecule has 0 unspecified atom stereocenters. The van der Waals surface area contributed by atoms with Gasteiger partial charge in [0.2, 0.25) is 0 Å². The fourth-order valence-electron chi connectivity index (χ4n) is 3.58. The van der Waals surface area contributed by atoms with E-state index >= 15 is 0 Å². The molecule has 2 aliphatic rings. The highest BCUT2D eigenvalue weighted by Crippen LogP contribution is 2.25. The topological polar surface area (TPSA) is 74.3 Å². The second kappa shape index (κ2) is 8.67. The minimum atomic E-state index is -0.529. The van der Waals surface area contributed by atoms with E-state index in [9.17, 15) is 14.0 Å². The van der Waals surface area contributed by atoms with Crippen LogP contribution in [-0.4, -0.2) is 41.3 Å². The number of carbonyl (C=O) groups is 2. The Hall–Kier alpha value is -2.51. The van der Waals surface area contributed by atoms with Gasteiger partial charge in [-0.25, -0.2) is 9.37 Å². The highest BCUT2D eigenvalue weighted by atomic mass is 35.5. The van der Waals surface area contributed by atoms with Gasteiger partial charge in [-0.2, -0.15) is 0 Å². The number of nitrogens with zero attached hydrogens (tertiary/aromatic N) is 2. The van der Waals surface area contributed by atoms with E-state index in [1.54, 1.807) is 23.1 Å². The maximum Gasteiger partial charge on any atom is 0.274 e. The lowest BCUT2D eigenvalue weighted by Crippen LogP contribution is -2.29. The number of likely N-dealkylation sites (tertiary alicyclic amines) is 1. The summed E-state index contributed by atoms with van der Waals surface area (Å²) in [5, 5.41) is 5.78. The van der Waals surface area contributed by atoms with Crippen molar-refractivity contribution >= 4 is 29.9 Å². The fraction of sp³-hybridized carbons (Fsp3) is 0.350. The molecular weight excluding hydrogens is 383 g/mol. The molecule has 2 N–H and O–H groups in total. The zero-order valence-electron chi connectivity index (χ0n) is 15.3. The molecule has 2 aromatic rings. The van der Waals surface area contributed by atoms with Crippen molar-refractivity contribution in [1.82, 2.24) is 15.2 Å². The Balaban J connectivity index is 0.00000225. The Kier molecular flexibility index (Phi) is 6.26. The monoisotopic (exact) mass is 404 g/mol. The number of fused-ring (bicyclic) bond motifs is 1. The molecule has 0 atom stereocenters. The summed E-state index contributed by atoms with van der Waals surface area (Å²) in [6.07, 6.45) is 2.56. The van der Waals surface area contributed by atoms with E-state index < -0.39 is 11.7 Å². The van der Waals surface area contributed by atoms with Gasteiger partial charge < -0.3 is 15.5 Å². The maximum atomic E-state index is 14.7. The van der Waals surface area contributed by atoms with Crippen LogP contribution in [0, 0.1) is 5.82 Å². The van der Waals surface area contributed by atoms with E-state index in [1.807, 2.05) is 6.07 Å². The lowest BCUT2D eigenvalue weighted by atomic mass is 9.99. The van der Waals surface area contributed by atoms with Crippen LogP contribution in [0.4, 0.5) is 10.1 Å². The third-order valence-corrected chi connectivity index (χ3v) is 5.05. The number of hydrogen-bond donors (Lipinski definition) is 2. The molecule has 2 aliphatic heterocycles. The number of halogens is 2. The van der Waals surface area contributed by atoms with Gasteiger partial charge in [-0.15, -0.1) is 12.4 Å². The molecule has 2 amide bonds. The van der Waals surface area contributed by atoms with Gasteiger partial charge in [0.05, 0.1) is 5.69 Å². The second-order valence-electron chi connectivity index (χ2n) is 6.85. The first-order valence-corrected chi connectivity index (χ1v) is 9.22. The Morgan fingerprint density at radius 1 is 1.11 bits per heavy atom. The zero-order chi connectivity index (χ0) is 18.8. The Labute approximate surface area is 168 Å².